The Bertz CT molecular complexity index is 642. The summed E-state index contributed by atoms with van der Waals surface area (Å²) in [5, 5.41) is 3.35. The third-order valence-corrected chi connectivity index (χ3v) is 5.61. The minimum Gasteiger partial charge on any atom is -0.496 e. The molecule has 0 radical (unpaired) electrons. The maximum absolute atomic E-state index is 12.9. The van der Waals surface area contributed by atoms with Crippen LogP contribution in [0, 0.1) is 3.57 Å². The van der Waals surface area contributed by atoms with Gasteiger partial charge in [-0.15, -0.1) is 0 Å². The standard InChI is InChI=1S/C17H23ClIN3O3/c1-3-20-16(23)11-21-5-4-6-22(8-7-21)17(24)12-9-13(18)14(19)10-15(12)25-2/h9-10H,3-8,11H2,1-2H3,(H,20,23). The molecule has 6 nitrogen and oxygen atoms in total. The van der Waals surface area contributed by atoms with Gasteiger partial charge in [0.25, 0.3) is 5.91 Å². The first-order valence-corrected chi connectivity index (χ1v) is 9.73. The Morgan fingerprint density at radius 3 is 2.72 bits per heavy atom. The zero-order valence-electron chi connectivity index (χ0n) is 14.5. The maximum Gasteiger partial charge on any atom is 0.257 e. The largest absolute Gasteiger partial charge is 0.496 e. The minimum atomic E-state index is -0.0880. The number of rotatable bonds is 5. The number of carbonyl (C=O) groups is 2. The van der Waals surface area contributed by atoms with Gasteiger partial charge in [0.05, 0.1) is 24.2 Å². The lowest BCUT2D eigenvalue weighted by Crippen LogP contribution is -2.40. The molecule has 0 atom stereocenters. The van der Waals surface area contributed by atoms with E-state index < -0.39 is 0 Å². The van der Waals surface area contributed by atoms with Crippen molar-refractivity contribution in [3.8, 4) is 5.75 Å². The average molecular weight is 480 g/mol. The van der Waals surface area contributed by atoms with Gasteiger partial charge in [0.15, 0.2) is 0 Å². The zero-order chi connectivity index (χ0) is 18.4. The molecule has 2 amide bonds. The number of nitrogens with one attached hydrogen (secondary N) is 1. The molecule has 1 saturated heterocycles. The predicted octanol–water partition coefficient (Wildman–Crippen LogP) is 2.24. The van der Waals surface area contributed by atoms with E-state index in [1.165, 1.54) is 0 Å². The van der Waals surface area contributed by atoms with Crippen LogP contribution in [0.1, 0.15) is 23.7 Å². The van der Waals surface area contributed by atoms with Crippen LogP contribution >= 0.6 is 34.2 Å². The fraction of sp³-hybridized carbons (Fsp3) is 0.529. The van der Waals surface area contributed by atoms with E-state index >= 15 is 0 Å². The fourth-order valence-corrected chi connectivity index (χ4v) is 3.43. The van der Waals surface area contributed by atoms with Crippen LogP contribution in [0.5, 0.6) is 5.75 Å². The van der Waals surface area contributed by atoms with Crippen molar-refractivity contribution in [1.29, 1.82) is 0 Å². The van der Waals surface area contributed by atoms with Gasteiger partial charge in [0.2, 0.25) is 5.91 Å². The van der Waals surface area contributed by atoms with Crippen LogP contribution in [-0.2, 0) is 4.79 Å². The molecule has 0 aromatic heterocycles. The summed E-state index contributed by atoms with van der Waals surface area (Å²) in [6.07, 6.45) is 0.825. The summed E-state index contributed by atoms with van der Waals surface area (Å²) < 4.78 is 6.19. The van der Waals surface area contributed by atoms with Crippen molar-refractivity contribution >= 4 is 46.0 Å². The van der Waals surface area contributed by atoms with E-state index in [1.54, 1.807) is 24.1 Å². The molecule has 1 N–H and O–H groups in total. The summed E-state index contributed by atoms with van der Waals surface area (Å²) in [5.41, 5.74) is 0.477. The quantitative estimate of drug-likeness (QED) is 0.658. The lowest BCUT2D eigenvalue weighted by Gasteiger charge is -2.22. The smallest absolute Gasteiger partial charge is 0.257 e. The van der Waals surface area contributed by atoms with E-state index in [-0.39, 0.29) is 11.8 Å². The first-order valence-electron chi connectivity index (χ1n) is 8.27. The number of likely N-dealkylation sites (N-methyl/N-ethyl adjacent to an activating group) is 1. The van der Waals surface area contributed by atoms with Crippen molar-refractivity contribution in [3.05, 3.63) is 26.3 Å². The normalized spacial score (nSPS) is 15.6. The maximum atomic E-state index is 12.9. The number of methoxy groups -OCH3 is 1. The Hall–Kier alpha value is -1.06. The molecule has 0 spiro atoms. The molecule has 0 aliphatic carbocycles. The van der Waals surface area contributed by atoms with Crippen LogP contribution in [0.3, 0.4) is 0 Å². The molecule has 1 aliphatic heterocycles. The number of hydrogen-bond acceptors (Lipinski definition) is 4. The first kappa shape index (κ1) is 20.3. The van der Waals surface area contributed by atoms with Crippen LogP contribution < -0.4 is 10.1 Å². The lowest BCUT2D eigenvalue weighted by molar-refractivity contribution is -0.122. The van der Waals surface area contributed by atoms with Gasteiger partial charge in [0.1, 0.15) is 5.75 Å². The van der Waals surface area contributed by atoms with Gasteiger partial charge in [-0.2, -0.15) is 0 Å². The molecule has 1 aromatic carbocycles. The molecule has 1 aliphatic rings. The summed E-state index contributed by atoms with van der Waals surface area (Å²) >= 11 is 8.29. The second kappa shape index (κ2) is 9.59. The predicted molar refractivity (Wildman–Crippen MR) is 106 cm³/mol. The Morgan fingerprint density at radius 1 is 1.28 bits per heavy atom. The topological polar surface area (TPSA) is 61.9 Å². The first-order chi connectivity index (χ1) is 12.0. The highest BCUT2D eigenvalue weighted by Crippen LogP contribution is 2.29. The number of amides is 2. The molecule has 0 bridgehead atoms. The highest BCUT2D eigenvalue weighted by Gasteiger charge is 2.24. The van der Waals surface area contributed by atoms with E-state index in [0.29, 0.717) is 49.1 Å². The number of nitrogens with zero attached hydrogens (tertiary/aromatic N) is 2. The summed E-state index contributed by atoms with van der Waals surface area (Å²) in [7, 11) is 1.55. The second-order valence-electron chi connectivity index (χ2n) is 5.84. The number of hydrogen-bond donors (Lipinski definition) is 1. The lowest BCUT2D eigenvalue weighted by atomic mass is 10.1. The molecule has 138 valence electrons. The Balaban J connectivity index is 2.06. The zero-order valence-corrected chi connectivity index (χ0v) is 17.4. The Morgan fingerprint density at radius 2 is 2.04 bits per heavy atom. The SMILES string of the molecule is CCNC(=O)CN1CCCN(C(=O)c2cc(Cl)c(I)cc2OC)CC1. The second-order valence-corrected chi connectivity index (χ2v) is 7.41. The molecular weight excluding hydrogens is 457 g/mol. The molecule has 1 fully saturated rings. The van der Waals surface area contributed by atoms with Gasteiger partial charge >= 0.3 is 0 Å². The summed E-state index contributed by atoms with van der Waals surface area (Å²) in [6, 6.07) is 3.44. The van der Waals surface area contributed by atoms with Crippen LogP contribution in [-0.4, -0.2) is 68.0 Å². The molecule has 1 aromatic rings. The van der Waals surface area contributed by atoms with Crippen molar-refractivity contribution in [3.63, 3.8) is 0 Å². The number of ether oxygens (including phenoxy) is 1. The minimum absolute atomic E-state index is 0.0216. The molecule has 0 saturated carbocycles. The molecule has 25 heavy (non-hydrogen) atoms. The third kappa shape index (κ3) is 5.46. The van der Waals surface area contributed by atoms with Gasteiger partial charge in [0, 0.05) is 36.3 Å². The molecular formula is C17H23ClIN3O3. The van der Waals surface area contributed by atoms with Crippen molar-refractivity contribution in [2.24, 2.45) is 0 Å². The van der Waals surface area contributed by atoms with Gasteiger partial charge in [-0.3, -0.25) is 14.5 Å². The number of benzene rings is 1. The van der Waals surface area contributed by atoms with Crippen LogP contribution in [0.25, 0.3) is 0 Å². The van der Waals surface area contributed by atoms with Crippen LogP contribution in [0.4, 0.5) is 0 Å². The number of halogens is 2. The highest BCUT2D eigenvalue weighted by atomic mass is 127. The summed E-state index contributed by atoms with van der Waals surface area (Å²) in [6.45, 7) is 5.59. The van der Waals surface area contributed by atoms with Crippen molar-refractivity contribution in [1.82, 2.24) is 15.1 Å². The van der Waals surface area contributed by atoms with Gasteiger partial charge in [-0.1, -0.05) is 11.6 Å². The molecule has 0 unspecified atom stereocenters. The van der Waals surface area contributed by atoms with Crippen molar-refractivity contribution < 1.29 is 14.3 Å². The van der Waals surface area contributed by atoms with E-state index in [9.17, 15) is 9.59 Å². The van der Waals surface area contributed by atoms with E-state index in [4.69, 9.17) is 16.3 Å². The molecule has 8 heteroatoms. The van der Waals surface area contributed by atoms with E-state index in [0.717, 1.165) is 16.5 Å². The molecule has 1 heterocycles. The average Bonchev–Trinajstić information content (AvgIpc) is 2.82. The summed E-state index contributed by atoms with van der Waals surface area (Å²) in [4.78, 5) is 28.5. The Labute approximate surface area is 167 Å². The van der Waals surface area contributed by atoms with Crippen molar-refractivity contribution in [2.45, 2.75) is 13.3 Å². The third-order valence-electron chi connectivity index (χ3n) is 4.09. The van der Waals surface area contributed by atoms with Gasteiger partial charge in [-0.05, 0) is 48.1 Å². The summed E-state index contributed by atoms with van der Waals surface area (Å²) in [5.74, 6) is 0.464. The van der Waals surface area contributed by atoms with Crippen LogP contribution in [0.2, 0.25) is 5.02 Å². The van der Waals surface area contributed by atoms with Crippen LogP contribution in [0.15, 0.2) is 12.1 Å². The monoisotopic (exact) mass is 479 g/mol. The van der Waals surface area contributed by atoms with Crippen molar-refractivity contribution in [2.75, 3.05) is 46.4 Å². The number of carbonyl (C=O) groups excluding carboxylic acids is 2. The molecule has 2 rings (SSSR count). The van der Waals surface area contributed by atoms with Gasteiger partial charge < -0.3 is 15.0 Å². The fourth-order valence-electron chi connectivity index (χ4n) is 2.82. The van der Waals surface area contributed by atoms with E-state index in [1.807, 2.05) is 6.92 Å². The van der Waals surface area contributed by atoms with Gasteiger partial charge in [-0.25, -0.2) is 0 Å². The highest BCUT2D eigenvalue weighted by molar-refractivity contribution is 14.1. The Kier molecular flexibility index (Phi) is 7.77. The van der Waals surface area contributed by atoms with E-state index in [2.05, 4.69) is 32.8 Å².